The summed E-state index contributed by atoms with van der Waals surface area (Å²) in [5.41, 5.74) is 12.9. The van der Waals surface area contributed by atoms with Gasteiger partial charge in [-0.1, -0.05) is 29.3 Å². The molecular weight excluding hydrogens is 363 g/mol. The molecular formula is C13H15Cl3N6O. The van der Waals surface area contributed by atoms with E-state index in [1.807, 2.05) is 0 Å². The Balaban J connectivity index is 0.00000192. The van der Waals surface area contributed by atoms with Crippen LogP contribution in [0.5, 0.6) is 0 Å². The molecule has 0 fully saturated rings. The molecule has 23 heavy (non-hydrogen) atoms. The fourth-order valence-electron chi connectivity index (χ4n) is 2.13. The minimum atomic E-state index is 0. The summed E-state index contributed by atoms with van der Waals surface area (Å²) < 4.78 is 0. The van der Waals surface area contributed by atoms with Gasteiger partial charge in [0, 0.05) is 15.6 Å². The molecule has 0 saturated heterocycles. The van der Waals surface area contributed by atoms with Crippen molar-refractivity contribution in [2.45, 2.75) is 13.2 Å². The van der Waals surface area contributed by atoms with Gasteiger partial charge in [0.2, 0.25) is 5.95 Å². The van der Waals surface area contributed by atoms with E-state index in [0.717, 1.165) is 11.1 Å². The predicted molar refractivity (Wildman–Crippen MR) is 93.4 cm³/mol. The first kappa shape index (κ1) is 17.8. The molecule has 1 aromatic carbocycles. The highest BCUT2D eigenvalue weighted by molar-refractivity contribution is 6.35. The summed E-state index contributed by atoms with van der Waals surface area (Å²) in [7, 11) is 0. The molecule has 0 amide bonds. The van der Waals surface area contributed by atoms with Crippen LogP contribution in [0, 0.1) is 0 Å². The van der Waals surface area contributed by atoms with Crippen LogP contribution in [-0.4, -0.2) is 21.7 Å². The third kappa shape index (κ3) is 3.88. The molecule has 0 aliphatic carbocycles. The third-order valence-corrected chi connectivity index (χ3v) is 3.98. The number of anilines is 3. The molecule has 2 aromatic rings. The summed E-state index contributed by atoms with van der Waals surface area (Å²) in [6, 6.07) is 5.32. The van der Waals surface area contributed by atoms with Crippen molar-refractivity contribution in [3.05, 3.63) is 39.4 Å². The second kappa shape index (κ2) is 7.37. The maximum atomic E-state index is 6.12. The molecule has 2 heterocycles. The quantitative estimate of drug-likeness (QED) is 0.755. The highest BCUT2D eigenvalue weighted by Crippen LogP contribution is 2.28. The van der Waals surface area contributed by atoms with E-state index in [4.69, 9.17) is 39.5 Å². The topological polar surface area (TPSA) is 102 Å². The van der Waals surface area contributed by atoms with Gasteiger partial charge in [0.15, 0.2) is 0 Å². The molecule has 10 heteroatoms. The molecule has 1 aliphatic heterocycles. The maximum absolute atomic E-state index is 6.12. The molecule has 0 bridgehead atoms. The largest absolute Gasteiger partial charge is 0.383 e. The van der Waals surface area contributed by atoms with E-state index in [1.54, 1.807) is 23.3 Å². The predicted octanol–water partition coefficient (Wildman–Crippen LogP) is 2.69. The van der Waals surface area contributed by atoms with Crippen molar-refractivity contribution in [3.63, 3.8) is 0 Å². The summed E-state index contributed by atoms with van der Waals surface area (Å²) in [5.74, 6) is 1.10. The van der Waals surface area contributed by atoms with Gasteiger partial charge in [0.05, 0.1) is 25.4 Å². The van der Waals surface area contributed by atoms with Crippen LogP contribution in [0.3, 0.4) is 0 Å². The number of nitrogens with zero attached hydrogens (tertiary/aromatic N) is 3. The fourth-order valence-corrected chi connectivity index (χ4v) is 2.64. The highest BCUT2D eigenvalue weighted by atomic mass is 35.5. The first-order chi connectivity index (χ1) is 10.5. The van der Waals surface area contributed by atoms with Crippen LogP contribution < -0.4 is 16.8 Å². The Bertz CT molecular complexity index is 694. The molecule has 0 atom stereocenters. The van der Waals surface area contributed by atoms with E-state index in [1.165, 1.54) is 0 Å². The molecule has 0 unspecified atom stereocenters. The number of nitrogen functional groups attached to an aromatic ring is 2. The van der Waals surface area contributed by atoms with Gasteiger partial charge in [0.1, 0.15) is 11.6 Å². The van der Waals surface area contributed by atoms with Crippen LogP contribution in [0.25, 0.3) is 0 Å². The Kier molecular flexibility index (Phi) is 5.72. The second-order valence-corrected chi connectivity index (χ2v) is 5.56. The molecule has 0 radical (unpaired) electrons. The summed E-state index contributed by atoms with van der Waals surface area (Å²) in [6.07, 6.45) is 0. The molecule has 3 rings (SSSR count). The fraction of sp³-hybridized carbons (Fsp3) is 0.231. The van der Waals surface area contributed by atoms with Crippen LogP contribution in [0.4, 0.5) is 17.6 Å². The van der Waals surface area contributed by atoms with Crippen molar-refractivity contribution in [2.24, 2.45) is 0 Å². The standard InChI is InChI=1S/C13H14Cl2N6O.ClH/c14-9-2-1-3-10(15)8(9)5-22-21-4-7-11(16)19-13(17)20-12(7)18-6-21;/h1-3H,4-6H2,(H5,16,17,18,19,20);1H. The van der Waals surface area contributed by atoms with Gasteiger partial charge in [-0.3, -0.25) is 4.84 Å². The van der Waals surface area contributed by atoms with Gasteiger partial charge in [-0.25, -0.2) is 0 Å². The van der Waals surface area contributed by atoms with Crippen LogP contribution in [-0.2, 0) is 18.0 Å². The summed E-state index contributed by atoms with van der Waals surface area (Å²) >= 11 is 12.2. The number of fused-ring (bicyclic) bond motifs is 1. The Hall–Kier alpha value is -1.51. The lowest BCUT2D eigenvalue weighted by Gasteiger charge is -2.29. The van der Waals surface area contributed by atoms with Crippen molar-refractivity contribution in [1.82, 2.24) is 15.0 Å². The third-order valence-electron chi connectivity index (χ3n) is 3.27. The lowest BCUT2D eigenvalue weighted by molar-refractivity contribution is -0.174. The van der Waals surface area contributed by atoms with Crippen molar-refractivity contribution >= 4 is 53.2 Å². The van der Waals surface area contributed by atoms with Crippen LogP contribution >= 0.6 is 35.6 Å². The van der Waals surface area contributed by atoms with E-state index in [2.05, 4.69) is 15.3 Å². The van der Waals surface area contributed by atoms with E-state index < -0.39 is 0 Å². The van der Waals surface area contributed by atoms with Crippen LogP contribution in [0.1, 0.15) is 11.1 Å². The Morgan fingerprint density at radius 1 is 1.22 bits per heavy atom. The summed E-state index contributed by atoms with van der Waals surface area (Å²) in [4.78, 5) is 13.8. The number of hydrogen-bond acceptors (Lipinski definition) is 7. The maximum Gasteiger partial charge on any atom is 0.223 e. The molecule has 0 spiro atoms. The van der Waals surface area contributed by atoms with E-state index in [-0.39, 0.29) is 25.0 Å². The van der Waals surface area contributed by atoms with E-state index in [0.29, 0.717) is 34.9 Å². The van der Waals surface area contributed by atoms with Crippen molar-refractivity contribution in [1.29, 1.82) is 0 Å². The zero-order valence-corrected chi connectivity index (χ0v) is 14.3. The number of hydrogen-bond donors (Lipinski definition) is 3. The lowest BCUT2D eigenvalue weighted by Crippen LogP contribution is -2.35. The lowest BCUT2D eigenvalue weighted by atomic mass is 10.2. The number of nitrogens with two attached hydrogens (primary N) is 2. The summed E-state index contributed by atoms with van der Waals surface area (Å²) in [5, 5.41) is 5.90. The van der Waals surface area contributed by atoms with Crippen molar-refractivity contribution in [3.8, 4) is 0 Å². The first-order valence-electron chi connectivity index (χ1n) is 6.51. The number of halogens is 3. The zero-order chi connectivity index (χ0) is 15.7. The zero-order valence-electron chi connectivity index (χ0n) is 11.9. The highest BCUT2D eigenvalue weighted by Gasteiger charge is 2.21. The Labute approximate surface area is 149 Å². The molecule has 7 nitrogen and oxygen atoms in total. The van der Waals surface area contributed by atoms with E-state index >= 15 is 0 Å². The van der Waals surface area contributed by atoms with Crippen LogP contribution in [0.2, 0.25) is 10.0 Å². The van der Waals surface area contributed by atoms with Crippen molar-refractivity contribution in [2.75, 3.05) is 23.5 Å². The average Bonchev–Trinajstić information content (AvgIpc) is 2.47. The minimum absolute atomic E-state index is 0. The number of nitrogens with one attached hydrogen (secondary N) is 1. The minimum Gasteiger partial charge on any atom is -0.383 e. The van der Waals surface area contributed by atoms with Crippen molar-refractivity contribution < 1.29 is 4.84 Å². The van der Waals surface area contributed by atoms with Gasteiger partial charge in [-0.05, 0) is 12.1 Å². The van der Waals surface area contributed by atoms with E-state index in [9.17, 15) is 0 Å². The Morgan fingerprint density at radius 3 is 2.61 bits per heavy atom. The molecule has 1 aliphatic rings. The van der Waals surface area contributed by atoms with Gasteiger partial charge < -0.3 is 16.8 Å². The van der Waals surface area contributed by atoms with Gasteiger partial charge in [-0.2, -0.15) is 15.0 Å². The Morgan fingerprint density at radius 2 is 1.91 bits per heavy atom. The number of rotatable bonds is 3. The monoisotopic (exact) mass is 376 g/mol. The molecule has 0 saturated carbocycles. The van der Waals surface area contributed by atoms with Crippen LogP contribution in [0.15, 0.2) is 18.2 Å². The van der Waals surface area contributed by atoms with Gasteiger partial charge >= 0.3 is 0 Å². The normalized spacial score (nSPS) is 13.8. The smallest absolute Gasteiger partial charge is 0.223 e. The number of benzene rings is 1. The van der Waals surface area contributed by atoms with Gasteiger partial charge in [0.25, 0.3) is 0 Å². The molecule has 124 valence electrons. The molecule has 5 N–H and O–H groups in total. The summed E-state index contributed by atoms with van der Waals surface area (Å²) in [6.45, 7) is 1.13. The number of hydroxylamine groups is 2. The molecule has 1 aromatic heterocycles. The van der Waals surface area contributed by atoms with Gasteiger partial charge in [-0.15, -0.1) is 12.4 Å². The SMILES string of the molecule is Cl.Nc1nc(N)c2c(n1)NCN(OCc1c(Cl)cccc1Cl)C2. The average molecular weight is 378 g/mol. The second-order valence-electron chi connectivity index (χ2n) is 4.74. The number of aromatic nitrogens is 2. The first-order valence-corrected chi connectivity index (χ1v) is 7.26.